The minimum atomic E-state index is -3.92. The van der Waals surface area contributed by atoms with Gasteiger partial charge in [-0.2, -0.15) is 4.31 Å². The molecule has 4 nitrogen and oxygen atoms in total. The Balaban J connectivity index is 1.89. The van der Waals surface area contributed by atoms with Crippen molar-refractivity contribution in [2.75, 3.05) is 7.05 Å². The highest BCUT2D eigenvalue weighted by Crippen LogP contribution is 2.46. The van der Waals surface area contributed by atoms with Crippen LogP contribution >= 0.6 is 23.2 Å². The van der Waals surface area contributed by atoms with Gasteiger partial charge in [0.15, 0.2) is 0 Å². The van der Waals surface area contributed by atoms with Crippen LogP contribution in [0.25, 0.3) is 0 Å². The Hall–Kier alpha value is -2.05. The number of rotatable bonds is 3. The van der Waals surface area contributed by atoms with E-state index in [1.165, 1.54) is 23.5 Å². The van der Waals surface area contributed by atoms with Crippen LogP contribution in [0.4, 0.5) is 0 Å². The first-order valence-electron chi connectivity index (χ1n) is 8.18. The molecule has 27 heavy (non-hydrogen) atoms. The van der Waals surface area contributed by atoms with Gasteiger partial charge in [-0.25, -0.2) is 8.42 Å². The molecule has 1 heterocycles. The van der Waals surface area contributed by atoms with Crippen LogP contribution in [0.2, 0.25) is 10.0 Å². The molecule has 0 spiro atoms. The van der Waals surface area contributed by atoms with Crippen LogP contribution in [-0.4, -0.2) is 19.8 Å². The number of sulfonamides is 1. The first kappa shape index (κ1) is 18.3. The number of benzene rings is 3. The largest absolute Gasteiger partial charge is 0.457 e. The Morgan fingerprint density at radius 3 is 2.04 bits per heavy atom. The maximum atomic E-state index is 13.4. The van der Waals surface area contributed by atoms with Crippen molar-refractivity contribution in [3.05, 3.63) is 87.9 Å². The summed E-state index contributed by atoms with van der Waals surface area (Å²) in [5.74, 6) is 1.25. The molecule has 0 fully saturated rings. The van der Waals surface area contributed by atoms with Crippen molar-refractivity contribution in [2.45, 2.75) is 10.9 Å². The van der Waals surface area contributed by atoms with Gasteiger partial charge in [-0.05, 0) is 30.3 Å². The highest BCUT2D eigenvalue weighted by Gasteiger charge is 2.37. The topological polar surface area (TPSA) is 46.6 Å². The third-order valence-corrected chi connectivity index (χ3v) is 7.10. The van der Waals surface area contributed by atoms with Crippen LogP contribution in [0.3, 0.4) is 0 Å². The van der Waals surface area contributed by atoms with Gasteiger partial charge in [-0.1, -0.05) is 59.6 Å². The molecule has 0 aromatic heterocycles. The van der Waals surface area contributed by atoms with Crippen LogP contribution in [0, 0.1) is 0 Å². The highest BCUT2D eigenvalue weighted by atomic mass is 35.5. The molecule has 138 valence electrons. The predicted octanol–water partition coefficient (Wildman–Crippen LogP) is 5.51. The van der Waals surface area contributed by atoms with Crippen molar-refractivity contribution in [3.8, 4) is 11.5 Å². The quantitative estimate of drug-likeness (QED) is 0.562. The fourth-order valence-corrected chi connectivity index (χ4v) is 5.30. The summed E-state index contributed by atoms with van der Waals surface area (Å²) in [6.45, 7) is 0. The van der Waals surface area contributed by atoms with Crippen LogP contribution < -0.4 is 4.74 Å². The average Bonchev–Trinajstić information content (AvgIpc) is 2.67. The standard InChI is InChI=1S/C20H15Cl2NO3S/c1-23(27(24,25)19-12-13(21)10-11-16(19)22)20-14-6-2-4-8-17(14)26-18-9-5-3-7-15(18)20/h2-12,20H,1H3. The van der Waals surface area contributed by atoms with E-state index in [0.717, 1.165) is 11.1 Å². The number of hydrogen-bond donors (Lipinski definition) is 0. The number of para-hydroxylation sites is 2. The molecule has 3 aromatic rings. The van der Waals surface area contributed by atoms with Crippen LogP contribution in [-0.2, 0) is 10.0 Å². The van der Waals surface area contributed by atoms with Crippen molar-refractivity contribution in [3.63, 3.8) is 0 Å². The minimum absolute atomic E-state index is 0.0272. The van der Waals surface area contributed by atoms with E-state index in [1.807, 2.05) is 48.5 Å². The Labute approximate surface area is 168 Å². The first-order valence-corrected chi connectivity index (χ1v) is 10.4. The van der Waals surface area contributed by atoms with Crippen molar-refractivity contribution < 1.29 is 13.2 Å². The van der Waals surface area contributed by atoms with Gasteiger partial charge in [0.25, 0.3) is 0 Å². The summed E-state index contributed by atoms with van der Waals surface area (Å²) >= 11 is 12.2. The van der Waals surface area contributed by atoms with Crippen molar-refractivity contribution in [1.29, 1.82) is 0 Å². The van der Waals surface area contributed by atoms with E-state index in [4.69, 9.17) is 27.9 Å². The van der Waals surface area contributed by atoms with E-state index in [0.29, 0.717) is 16.5 Å². The molecule has 4 rings (SSSR count). The lowest BCUT2D eigenvalue weighted by atomic mass is 9.95. The summed E-state index contributed by atoms with van der Waals surface area (Å²) < 4.78 is 34.0. The third-order valence-electron chi connectivity index (χ3n) is 4.56. The molecule has 0 aliphatic carbocycles. The van der Waals surface area contributed by atoms with Gasteiger partial charge in [0.05, 0.1) is 11.1 Å². The van der Waals surface area contributed by atoms with Crippen molar-refractivity contribution in [2.24, 2.45) is 0 Å². The Bertz CT molecular complexity index is 1090. The molecule has 1 aliphatic rings. The lowest BCUT2D eigenvalue weighted by Crippen LogP contribution is -2.33. The molecule has 0 atom stereocenters. The van der Waals surface area contributed by atoms with Crippen molar-refractivity contribution in [1.82, 2.24) is 4.31 Å². The van der Waals surface area contributed by atoms with E-state index in [2.05, 4.69) is 0 Å². The molecule has 0 saturated carbocycles. The van der Waals surface area contributed by atoms with Crippen LogP contribution in [0.1, 0.15) is 17.2 Å². The van der Waals surface area contributed by atoms with Gasteiger partial charge in [-0.15, -0.1) is 0 Å². The van der Waals surface area contributed by atoms with Gasteiger partial charge in [0.2, 0.25) is 10.0 Å². The lowest BCUT2D eigenvalue weighted by Gasteiger charge is -2.34. The summed E-state index contributed by atoms with van der Waals surface area (Å²) in [5, 5.41) is 0.430. The fourth-order valence-electron chi connectivity index (χ4n) is 3.25. The lowest BCUT2D eigenvalue weighted by molar-refractivity contribution is 0.367. The van der Waals surface area contributed by atoms with E-state index >= 15 is 0 Å². The fraction of sp³-hybridized carbons (Fsp3) is 0.100. The summed E-state index contributed by atoms with van der Waals surface area (Å²) in [6.07, 6.45) is 0. The molecule has 7 heteroatoms. The molecular weight excluding hydrogens is 405 g/mol. The molecule has 0 unspecified atom stereocenters. The molecule has 3 aromatic carbocycles. The van der Waals surface area contributed by atoms with Gasteiger partial charge in [-0.3, -0.25) is 0 Å². The normalized spacial score (nSPS) is 13.8. The van der Waals surface area contributed by atoms with Gasteiger partial charge < -0.3 is 4.74 Å². The zero-order chi connectivity index (χ0) is 19.2. The van der Waals surface area contributed by atoms with E-state index in [9.17, 15) is 8.42 Å². The second-order valence-corrected chi connectivity index (χ2v) is 8.99. The smallest absolute Gasteiger partial charge is 0.245 e. The molecule has 0 N–H and O–H groups in total. The number of ether oxygens (including phenoxy) is 1. The summed E-state index contributed by atoms with van der Waals surface area (Å²) in [6, 6.07) is 18.7. The van der Waals surface area contributed by atoms with E-state index in [1.54, 1.807) is 6.07 Å². The summed E-state index contributed by atoms with van der Waals surface area (Å²) in [4.78, 5) is -0.0272. The van der Waals surface area contributed by atoms with E-state index < -0.39 is 16.1 Å². The second kappa shape index (κ2) is 6.84. The molecule has 1 aliphatic heterocycles. The zero-order valence-electron chi connectivity index (χ0n) is 14.3. The molecule has 0 amide bonds. The summed E-state index contributed by atoms with van der Waals surface area (Å²) in [7, 11) is -2.38. The molecule has 0 radical (unpaired) electrons. The van der Waals surface area contributed by atoms with Gasteiger partial charge >= 0.3 is 0 Å². The van der Waals surface area contributed by atoms with Crippen LogP contribution in [0.15, 0.2) is 71.6 Å². The highest BCUT2D eigenvalue weighted by molar-refractivity contribution is 7.89. The van der Waals surface area contributed by atoms with Crippen LogP contribution in [0.5, 0.6) is 11.5 Å². The Morgan fingerprint density at radius 1 is 0.889 bits per heavy atom. The Kier molecular flexibility index (Phi) is 4.64. The number of fused-ring (bicyclic) bond motifs is 2. The molecular formula is C20H15Cl2NO3S. The summed E-state index contributed by atoms with van der Waals surface area (Å²) in [5.41, 5.74) is 1.53. The Morgan fingerprint density at radius 2 is 1.44 bits per heavy atom. The van der Waals surface area contributed by atoms with Crippen molar-refractivity contribution >= 4 is 33.2 Å². The monoisotopic (exact) mass is 419 g/mol. The maximum absolute atomic E-state index is 13.4. The SMILES string of the molecule is CN(C1c2ccccc2Oc2ccccc21)S(=O)(=O)c1cc(Cl)ccc1Cl. The van der Waals surface area contributed by atoms with Gasteiger partial charge in [0.1, 0.15) is 16.4 Å². The molecule has 0 bridgehead atoms. The predicted molar refractivity (Wildman–Crippen MR) is 106 cm³/mol. The first-order chi connectivity index (χ1) is 12.9. The maximum Gasteiger partial charge on any atom is 0.245 e. The third kappa shape index (κ3) is 3.11. The minimum Gasteiger partial charge on any atom is -0.457 e. The zero-order valence-corrected chi connectivity index (χ0v) is 16.6. The number of nitrogens with zero attached hydrogens (tertiary/aromatic N) is 1. The molecule has 0 saturated heterocycles. The van der Waals surface area contributed by atoms with E-state index in [-0.39, 0.29) is 9.92 Å². The number of halogens is 2. The number of hydrogen-bond acceptors (Lipinski definition) is 3. The second-order valence-electron chi connectivity index (χ2n) is 6.18. The average molecular weight is 420 g/mol. The van der Waals surface area contributed by atoms with Gasteiger partial charge in [0, 0.05) is 23.2 Å².